The third-order valence-corrected chi connectivity index (χ3v) is 3.82. The molecule has 7 nitrogen and oxygen atoms in total. The molecule has 2 rings (SSSR count). The van der Waals surface area contributed by atoms with Crippen molar-refractivity contribution < 1.29 is 8.42 Å². The number of nitrogens with zero attached hydrogens (tertiary/aromatic N) is 3. The molecule has 0 unspecified atom stereocenters. The first kappa shape index (κ1) is 12.5. The van der Waals surface area contributed by atoms with E-state index < -0.39 is 10.0 Å². The van der Waals surface area contributed by atoms with E-state index in [1.807, 2.05) is 0 Å². The number of aromatic nitrogens is 3. The lowest BCUT2D eigenvalue weighted by Crippen LogP contribution is -2.24. The molecule has 2 aromatic rings. The van der Waals surface area contributed by atoms with Gasteiger partial charge >= 0.3 is 0 Å². The van der Waals surface area contributed by atoms with E-state index >= 15 is 0 Å². The van der Waals surface area contributed by atoms with Gasteiger partial charge in [-0.1, -0.05) is 0 Å². The van der Waals surface area contributed by atoms with Crippen LogP contribution in [0.2, 0.25) is 0 Å². The Labute approximate surface area is 105 Å². The number of rotatable bonds is 4. The second kappa shape index (κ2) is 4.75. The number of nitrogens with two attached hydrogens (primary N) is 1. The van der Waals surface area contributed by atoms with Gasteiger partial charge in [0.15, 0.2) is 0 Å². The van der Waals surface area contributed by atoms with Gasteiger partial charge in [0.25, 0.3) is 0 Å². The lowest BCUT2D eigenvalue weighted by atomic mass is 10.4. The number of hydrogen-bond acceptors (Lipinski definition) is 5. The molecular formula is C10H13N5O2S. The van der Waals surface area contributed by atoms with E-state index in [1.54, 1.807) is 24.0 Å². The largest absolute Gasteiger partial charge is 0.384 e. The zero-order valence-corrected chi connectivity index (χ0v) is 10.6. The number of anilines is 1. The van der Waals surface area contributed by atoms with Crippen molar-refractivity contribution in [1.29, 1.82) is 0 Å². The van der Waals surface area contributed by atoms with Crippen molar-refractivity contribution in [2.24, 2.45) is 7.05 Å². The molecular weight excluding hydrogens is 254 g/mol. The summed E-state index contributed by atoms with van der Waals surface area (Å²) in [4.78, 5) is 3.83. The number of nitrogens with one attached hydrogen (secondary N) is 1. The quantitative estimate of drug-likeness (QED) is 0.803. The molecule has 0 fully saturated rings. The maximum atomic E-state index is 11.9. The highest BCUT2D eigenvalue weighted by molar-refractivity contribution is 7.89. The Balaban J connectivity index is 2.13. The van der Waals surface area contributed by atoms with Crippen LogP contribution >= 0.6 is 0 Å². The smallest absolute Gasteiger partial charge is 0.242 e. The zero-order chi connectivity index (χ0) is 13.2. The van der Waals surface area contributed by atoms with E-state index in [0.717, 1.165) is 5.69 Å². The van der Waals surface area contributed by atoms with Crippen molar-refractivity contribution in [2.75, 3.05) is 5.73 Å². The normalized spacial score (nSPS) is 11.6. The molecule has 8 heteroatoms. The maximum absolute atomic E-state index is 11.9. The average molecular weight is 267 g/mol. The predicted molar refractivity (Wildman–Crippen MR) is 65.9 cm³/mol. The van der Waals surface area contributed by atoms with Crippen LogP contribution < -0.4 is 10.5 Å². The molecule has 0 aromatic carbocycles. The van der Waals surface area contributed by atoms with Crippen molar-refractivity contribution >= 4 is 15.8 Å². The van der Waals surface area contributed by atoms with Gasteiger partial charge in [0, 0.05) is 19.4 Å². The Morgan fingerprint density at radius 3 is 2.72 bits per heavy atom. The Morgan fingerprint density at radius 1 is 1.39 bits per heavy atom. The fraction of sp³-hybridized carbons (Fsp3) is 0.200. The molecule has 0 amide bonds. The summed E-state index contributed by atoms with van der Waals surface area (Å²) in [6.07, 6.45) is 2.83. The van der Waals surface area contributed by atoms with E-state index in [0.29, 0.717) is 0 Å². The minimum atomic E-state index is -3.58. The molecule has 2 heterocycles. The summed E-state index contributed by atoms with van der Waals surface area (Å²) in [5, 5.41) is 3.95. The fourth-order valence-electron chi connectivity index (χ4n) is 1.38. The molecule has 0 saturated carbocycles. The second-order valence-corrected chi connectivity index (χ2v) is 5.46. The van der Waals surface area contributed by atoms with E-state index in [9.17, 15) is 8.42 Å². The van der Waals surface area contributed by atoms with Crippen molar-refractivity contribution in [1.82, 2.24) is 19.5 Å². The average Bonchev–Trinajstić information content (AvgIpc) is 2.73. The number of aryl methyl sites for hydroxylation is 1. The van der Waals surface area contributed by atoms with E-state index in [1.165, 1.54) is 18.3 Å². The number of pyridine rings is 1. The molecule has 0 bridgehead atoms. The first-order valence-corrected chi connectivity index (χ1v) is 6.65. The summed E-state index contributed by atoms with van der Waals surface area (Å²) >= 11 is 0. The van der Waals surface area contributed by atoms with Crippen LogP contribution in [0.15, 0.2) is 35.5 Å². The summed E-state index contributed by atoms with van der Waals surface area (Å²) in [7, 11) is -1.83. The van der Waals surface area contributed by atoms with Crippen LogP contribution in [0.1, 0.15) is 5.69 Å². The Morgan fingerprint density at radius 2 is 2.17 bits per heavy atom. The van der Waals surface area contributed by atoms with Crippen LogP contribution in [0.25, 0.3) is 0 Å². The minimum absolute atomic E-state index is 0.0823. The van der Waals surface area contributed by atoms with Crippen LogP contribution in [0, 0.1) is 0 Å². The highest BCUT2D eigenvalue weighted by Gasteiger charge is 2.14. The second-order valence-electron chi connectivity index (χ2n) is 3.69. The molecule has 2 aromatic heterocycles. The Kier molecular flexibility index (Phi) is 3.30. The molecule has 18 heavy (non-hydrogen) atoms. The molecule has 0 aliphatic rings. The first-order valence-electron chi connectivity index (χ1n) is 5.17. The molecule has 0 saturated heterocycles. The topological polar surface area (TPSA) is 103 Å². The van der Waals surface area contributed by atoms with E-state index in [-0.39, 0.29) is 17.3 Å². The van der Waals surface area contributed by atoms with Crippen LogP contribution in [-0.4, -0.2) is 23.2 Å². The van der Waals surface area contributed by atoms with Gasteiger partial charge in [-0.2, -0.15) is 5.10 Å². The molecule has 0 aliphatic heterocycles. The van der Waals surface area contributed by atoms with Crippen LogP contribution in [0.3, 0.4) is 0 Å². The van der Waals surface area contributed by atoms with Crippen molar-refractivity contribution in [3.63, 3.8) is 0 Å². The van der Waals surface area contributed by atoms with Gasteiger partial charge in [-0.05, 0) is 18.2 Å². The number of nitrogen functional groups attached to an aromatic ring is 1. The standard InChI is InChI=1S/C10H13N5O2S/c1-15-8(4-5-13-15)6-14-18(16,17)9-2-3-10(11)12-7-9/h2-5,7,14H,6H2,1H3,(H2,11,12). The van der Waals surface area contributed by atoms with Gasteiger partial charge in [0.2, 0.25) is 10.0 Å². The van der Waals surface area contributed by atoms with Gasteiger partial charge in [-0.25, -0.2) is 18.1 Å². The zero-order valence-electron chi connectivity index (χ0n) is 9.74. The molecule has 3 N–H and O–H groups in total. The summed E-state index contributed by atoms with van der Waals surface area (Å²) in [5.41, 5.74) is 6.17. The molecule has 0 atom stereocenters. The fourth-order valence-corrected chi connectivity index (χ4v) is 2.32. The first-order chi connectivity index (χ1) is 8.49. The SMILES string of the molecule is Cn1nccc1CNS(=O)(=O)c1ccc(N)nc1. The predicted octanol–water partition coefficient (Wildman–Crippen LogP) is -0.124. The summed E-state index contributed by atoms with van der Waals surface area (Å²) < 4.78 is 27.9. The molecule has 0 spiro atoms. The van der Waals surface area contributed by atoms with Gasteiger partial charge in [-0.15, -0.1) is 0 Å². The molecule has 0 radical (unpaired) electrons. The lowest BCUT2D eigenvalue weighted by molar-refractivity contribution is 0.577. The Bertz CT molecular complexity index is 633. The third-order valence-electron chi connectivity index (χ3n) is 2.44. The van der Waals surface area contributed by atoms with Gasteiger partial charge in [0.1, 0.15) is 10.7 Å². The highest BCUT2D eigenvalue weighted by atomic mass is 32.2. The maximum Gasteiger partial charge on any atom is 0.242 e. The summed E-state index contributed by atoms with van der Waals surface area (Å²) in [5.74, 6) is 0.278. The summed E-state index contributed by atoms with van der Waals surface area (Å²) in [6.45, 7) is 0.170. The van der Waals surface area contributed by atoms with Crippen molar-refractivity contribution in [2.45, 2.75) is 11.4 Å². The summed E-state index contributed by atoms with van der Waals surface area (Å²) in [6, 6.07) is 4.59. The Hall–Kier alpha value is -1.93. The molecule has 96 valence electrons. The lowest BCUT2D eigenvalue weighted by Gasteiger charge is -2.06. The molecule has 0 aliphatic carbocycles. The van der Waals surface area contributed by atoms with Crippen molar-refractivity contribution in [3.05, 3.63) is 36.3 Å². The number of hydrogen-bond donors (Lipinski definition) is 2. The van der Waals surface area contributed by atoms with Gasteiger partial charge in [-0.3, -0.25) is 4.68 Å². The van der Waals surface area contributed by atoms with Gasteiger partial charge in [0.05, 0.1) is 12.2 Å². The van der Waals surface area contributed by atoms with Crippen LogP contribution in [0.5, 0.6) is 0 Å². The monoisotopic (exact) mass is 267 g/mol. The third kappa shape index (κ3) is 2.66. The van der Waals surface area contributed by atoms with Crippen molar-refractivity contribution in [3.8, 4) is 0 Å². The van der Waals surface area contributed by atoms with E-state index in [4.69, 9.17) is 5.73 Å². The van der Waals surface area contributed by atoms with Crippen LogP contribution in [0.4, 0.5) is 5.82 Å². The minimum Gasteiger partial charge on any atom is -0.384 e. The van der Waals surface area contributed by atoms with Gasteiger partial charge < -0.3 is 5.73 Å². The number of sulfonamides is 1. The highest BCUT2D eigenvalue weighted by Crippen LogP contribution is 2.09. The van der Waals surface area contributed by atoms with Crippen LogP contribution in [-0.2, 0) is 23.6 Å². The van der Waals surface area contributed by atoms with E-state index in [2.05, 4.69) is 14.8 Å².